The monoisotopic (exact) mass is 307 g/mol. The van der Waals surface area contributed by atoms with Crippen molar-refractivity contribution >= 4 is 11.7 Å². The zero-order valence-electron chi connectivity index (χ0n) is 13.5. The van der Waals surface area contributed by atoms with Gasteiger partial charge in [0.1, 0.15) is 6.04 Å². The standard InChI is InChI=1S/C20H21NO2/c1-3-23-19(22)15-14-16(2)21-20(17-10-6-4-7-11-17)18-12-8-5-9-13-18/h4-15,20H,3H2,1-2H3/b15-14+,21-16?. The third-order valence-electron chi connectivity index (χ3n) is 3.31. The van der Waals surface area contributed by atoms with Gasteiger partial charge in [0.05, 0.1) is 6.61 Å². The molecule has 0 atom stereocenters. The topological polar surface area (TPSA) is 38.7 Å². The van der Waals surface area contributed by atoms with Crippen molar-refractivity contribution in [2.75, 3.05) is 6.61 Å². The van der Waals surface area contributed by atoms with Gasteiger partial charge in [0, 0.05) is 11.8 Å². The van der Waals surface area contributed by atoms with Crippen molar-refractivity contribution in [3.63, 3.8) is 0 Å². The van der Waals surface area contributed by atoms with Crippen LogP contribution in [0, 0.1) is 0 Å². The Morgan fingerprint density at radius 2 is 1.52 bits per heavy atom. The number of hydrogen-bond acceptors (Lipinski definition) is 3. The maximum atomic E-state index is 11.4. The molecule has 0 heterocycles. The van der Waals surface area contributed by atoms with E-state index >= 15 is 0 Å². The molecule has 118 valence electrons. The summed E-state index contributed by atoms with van der Waals surface area (Å²) >= 11 is 0. The molecule has 0 aromatic heterocycles. The Balaban J connectivity index is 2.28. The summed E-state index contributed by atoms with van der Waals surface area (Å²) in [6, 6.07) is 20.1. The van der Waals surface area contributed by atoms with Crippen LogP contribution in [0.25, 0.3) is 0 Å². The lowest BCUT2D eigenvalue weighted by atomic mass is 9.99. The Bertz CT molecular complexity index is 636. The Morgan fingerprint density at radius 1 is 1.00 bits per heavy atom. The second kappa shape index (κ2) is 8.69. The van der Waals surface area contributed by atoms with Crippen LogP contribution in [0.1, 0.15) is 31.0 Å². The fraction of sp³-hybridized carbons (Fsp3) is 0.200. The van der Waals surface area contributed by atoms with Crippen LogP contribution in [0.2, 0.25) is 0 Å². The molecule has 2 aromatic rings. The fourth-order valence-corrected chi connectivity index (χ4v) is 2.24. The summed E-state index contributed by atoms with van der Waals surface area (Å²) in [6.45, 7) is 4.04. The molecule has 0 saturated carbocycles. The van der Waals surface area contributed by atoms with Gasteiger partial charge < -0.3 is 4.74 Å². The van der Waals surface area contributed by atoms with Crippen molar-refractivity contribution in [2.45, 2.75) is 19.9 Å². The molecule has 2 aromatic carbocycles. The van der Waals surface area contributed by atoms with E-state index in [1.807, 2.05) is 43.3 Å². The third kappa shape index (κ3) is 5.22. The number of nitrogens with zero attached hydrogens (tertiary/aromatic N) is 1. The van der Waals surface area contributed by atoms with Crippen molar-refractivity contribution in [1.29, 1.82) is 0 Å². The smallest absolute Gasteiger partial charge is 0.330 e. The summed E-state index contributed by atoms with van der Waals surface area (Å²) in [5, 5.41) is 0. The summed E-state index contributed by atoms with van der Waals surface area (Å²) in [4.78, 5) is 16.2. The van der Waals surface area contributed by atoms with E-state index in [0.717, 1.165) is 16.8 Å². The van der Waals surface area contributed by atoms with Crippen LogP contribution in [0.5, 0.6) is 0 Å². The number of ether oxygens (including phenoxy) is 1. The van der Waals surface area contributed by atoms with E-state index in [9.17, 15) is 4.79 Å². The molecule has 0 aliphatic heterocycles. The molecule has 3 heteroatoms. The van der Waals surface area contributed by atoms with Crippen LogP contribution in [-0.2, 0) is 9.53 Å². The van der Waals surface area contributed by atoms with Crippen molar-refractivity contribution < 1.29 is 9.53 Å². The first-order chi connectivity index (χ1) is 11.2. The Labute approximate surface area is 137 Å². The molecule has 0 unspecified atom stereocenters. The Morgan fingerprint density at radius 3 is 2.00 bits per heavy atom. The normalized spacial score (nSPS) is 11.9. The summed E-state index contributed by atoms with van der Waals surface area (Å²) in [7, 11) is 0. The molecule has 0 bridgehead atoms. The highest BCUT2D eigenvalue weighted by Gasteiger charge is 2.12. The van der Waals surface area contributed by atoms with Gasteiger partial charge in [-0.3, -0.25) is 4.99 Å². The zero-order valence-corrected chi connectivity index (χ0v) is 13.5. The number of carbonyl (C=O) groups is 1. The van der Waals surface area contributed by atoms with Crippen molar-refractivity contribution in [2.24, 2.45) is 4.99 Å². The molecule has 3 nitrogen and oxygen atoms in total. The molecule has 0 aliphatic rings. The number of benzene rings is 2. The van der Waals surface area contributed by atoms with Gasteiger partial charge in [-0.2, -0.15) is 0 Å². The molecule has 0 radical (unpaired) electrons. The van der Waals surface area contributed by atoms with Gasteiger partial charge in [-0.1, -0.05) is 60.7 Å². The number of allylic oxidation sites excluding steroid dienone is 1. The van der Waals surface area contributed by atoms with E-state index in [2.05, 4.69) is 24.3 Å². The molecule has 0 fully saturated rings. The van der Waals surface area contributed by atoms with Gasteiger partial charge in [0.25, 0.3) is 0 Å². The lowest BCUT2D eigenvalue weighted by molar-refractivity contribution is -0.137. The second-order valence-electron chi connectivity index (χ2n) is 5.08. The highest BCUT2D eigenvalue weighted by molar-refractivity contribution is 5.98. The number of aliphatic imine (C=N–C) groups is 1. The minimum absolute atomic E-state index is 0.0933. The highest BCUT2D eigenvalue weighted by atomic mass is 16.5. The van der Waals surface area contributed by atoms with Crippen LogP contribution in [0.15, 0.2) is 77.8 Å². The molecule has 23 heavy (non-hydrogen) atoms. The average Bonchev–Trinajstić information content (AvgIpc) is 2.60. The first kappa shape index (κ1) is 16.7. The van der Waals surface area contributed by atoms with Gasteiger partial charge in [-0.25, -0.2) is 4.79 Å². The largest absolute Gasteiger partial charge is 0.463 e. The maximum absolute atomic E-state index is 11.4. The average molecular weight is 307 g/mol. The quantitative estimate of drug-likeness (QED) is 0.452. The van der Waals surface area contributed by atoms with Crippen LogP contribution in [0.3, 0.4) is 0 Å². The first-order valence-electron chi connectivity index (χ1n) is 7.70. The summed E-state index contributed by atoms with van der Waals surface area (Å²) in [6.07, 6.45) is 3.10. The summed E-state index contributed by atoms with van der Waals surface area (Å²) in [5.41, 5.74) is 3.00. The van der Waals surface area contributed by atoms with Crippen molar-refractivity contribution in [1.82, 2.24) is 0 Å². The predicted molar refractivity (Wildman–Crippen MR) is 93.6 cm³/mol. The molecule has 0 N–H and O–H groups in total. The molecule has 0 aliphatic carbocycles. The van der Waals surface area contributed by atoms with Crippen LogP contribution < -0.4 is 0 Å². The molecule has 2 rings (SSSR count). The zero-order chi connectivity index (χ0) is 16.5. The van der Waals surface area contributed by atoms with Crippen molar-refractivity contribution in [3.8, 4) is 0 Å². The van der Waals surface area contributed by atoms with Gasteiger partial charge in [-0.05, 0) is 31.1 Å². The van der Waals surface area contributed by atoms with E-state index < -0.39 is 0 Å². The predicted octanol–water partition coefficient (Wildman–Crippen LogP) is 4.36. The number of hydrogen-bond donors (Lipinski definition) is 0. The van der Waals surface area contributed by atoms with Crippen molar-refractivity contribution in [3.05, 3.63) is 83.9 Å². The number of rotatable bonds is 6. The molecular weight excluding hydrogens is 286 g/mol. The Kier molecular flexibility index (Phi) is 6.30. The van der Waals surface area contributed by atoms with E-state index in [0.29, 0.717) is 6.61 Å². The molecular formula is C20H21NO2. The summed E-state index contributed by atoms with van der Waals surface area (Å²) < 4.78 is 4.89. The minimum atomic E-state index is -0.349. The first-order valence-corrected chi connectivity index (χ1v) is 7.70. The van der Waals surface area contributed by atoms with Crippen LogP contribution >= 0.6 is 0 Å². The van der Waals surface area contributed by atoms with Crippen LogP contribution in [0.4, 0.5) is 0 Å². The maximum Gasteiger partial charge on any atom is 0.330 e. The van der Waals surface area contributed by atoms with Gasteiger partial charge in [0.2, 0.25) is 0 Å². The SMILES string of the molecule is CCOC(=O)/C=C/C(C)=NC(c1ccccc1)c1ccccc1. The second-order valence-corrected chi connectivity index (χ2v) is 5.08. The van der Waals surface area contributed by atoms with E-state index in [4.69, 9.17) is 9.73 Å². The van der Waals surface area contributed by atoms with E-state index in [1.165, 1.54) is 6.08 Å². The van der Waals surface area contributed by atoms with E-state index in [-0.39, 0.29) is 12.0 Å². The summed E-state index contributed by atoms with van der Waals surface area (Å²) in [5.74, 6) is -0.349. The third-order valence-corrected chi connectivity index (χ3v) is 3.31. The van der Waals surface area contributed by atoms with Crippen LogP contribution in [-0.4, -0.2) is 18.3 Å². The minimum Gasteiger partial charge on any atom is -0.463 e. The number of carbonyl (C=O) groups excluding carboxylic acids is 1. The number of esters is 1. The lowest BCUT2D eigenvalue weighted by Crippen LogP contribution is -2.03. The molecule has 0 saturated heterocycles. The van der Waals surface area contributed by atoms with Gasteiger partial charge >= 0.3 is 5.97 Å². The highest BCUT2D eigenvalue weighted by Crippen LogP contribution is 2.26. The van der Waals surface area contributed by atoms with Gasteiger partial charge in [-0.15, -0.1) is 0 Å². The molecule has 0 amide bonds. The van der Waals surface area contributed by atoms with E-state index in [1.54, 1.807) is 13.0 Å². The Hall–Kier alpha value is -2.68. The molecule has 0 spiro atoms. The lowest BCUT2D eigenvalue weighted by Gasteiger charge is -2.14. The fourth-order valence-electron chi connectivity index (χ4n) is 2.24. The van der Waals surface area contributed by atoms with Gasteiger partial charge in [0.15, 0.2) is 0 Å².